The Balaban J connectivity index is 1.37. The van der Waals surface area contributed by atoms with E-state index < -0.39 is 0 Å². The SMILES string of the molecule is CC(C)c1c[nH]c2sc(C3CCN(CC4CCOCC4)CC3)nc12. The second kappa shape index (κ2) is 7.14. The molecule has 0 bridgehead atoms. The molecule has 5 heteroatoms. The molecule has 2 aromatic heterocycles. The van der Waals surface area contributed by atoms with Crippen LogP contribution in [-0.4, -0.2) is 47.7 Å². The Morgan fingerprint density at radius 3 is 2.71 bits per heavy atom. The maximum atomic E-state index is 5.48. The molecule has 1 N–H and O–H groups in total. The van der Waals surface area contributed by atoms with Crippen molar-refractivity contribution in [1.82, 2.24) is 14.9 Å². The molecule has 4 nitrogen and oxygen atoms in total. The molecule has 0 saturated carbocycles. The highest BCUT2D eigenvalue weighted by Gasteiger charge is 2.26. The molecule has 4 heterocycles. The number of likely N-dealkylation sites (tertiary alicyclic amines) is 1. The van der Waals surface area contributed by atoms with E-state index in [4.69, 9.17) is 9.72 Å². The topological polar surface area (TPSA) is 41.2 Å². The van der Waals surface area contributed by atoms with Gasteiger partial charge in [0.2, 0.25) is 0 Å². The molecule has 0 amide bonds. The van der Waals surface area contributed by atoms with Crippen molar-refractivity contribution in [3.63, 3.8) is 0 Å². The third kappa shape index (κ3) is 3.39. The number of hydrogen-bond acceptors (Lipinski definition) is 4. The first-order valence-corrected chi connectivity index (χ1v) is 10.3. The van der Waals surface area contributed by atoms with Gasteiger partial charge in [-0.05, 0) is 56.2 Å². The van der Waals surface area contributed by atoms with Gasteiger partial charge in [0, 0.05) is 31.9 Å². The van der Waals surface area contributed by atoms with Crippen LogP contribution in [0.3, 0.4) is 0 Å². The summed E-state index contributed by atoms with van der Waals surface area (Å²) in [6, 6.07) is 0. The van der Waals surface area contributed by atoms with Crippen LogP contribution in [0.2, 0.25) is 0 Å². The van der Waals surface area contributed by atoms with Gasteiger partial charge in [-0.15, -0.1) is 11.3 Å². The number of aromatic amines is 1. The molecular weight excluding hydrogens is 318 g/mol. The van der Waals surface area contributed by atoms with Gasteiger partial charge in [0.15, 0.2) is 0 Å². The largest absolute Gasteiger partial charge is 0.381 e. The Morgan fingerprint density at radius 2 is 2.00 bits per heavy atom. The fourth-order valence-corrected chi connectivity index (χ4v) is 5.24. The van der Waals surface area contributed by atoms with Crippen molar-refractivity contribution in [1.29, 1.82) is 0 Å². The lowest BCUT2D eigenvalue weighted by Crippen LogP contribution is -2.38. The molecule has 0 aromatic carbocycles. The van der Waals surface area contributed by atoms with Gasteiger partial charge in [-0.3, -0.25) is 0 Å². The fourth-order valence-electron chi connectivity index (χ4n) is 4.11. The summed E-state index contributed by atoms with van der Waals surface area (Å²) in [5.74, 6) is 2.04. The second-order valence-corrected chi connectivity index (χ2v) is 8.79. The van der Waals surface area contributed by atoms with Gasteiger partial charge in [-0.2, -0.15) is 0 Å². The van der Waals surface area contributed by atoms with E-state index in [9.17, 15) is 0 Å². The van der Waals surface area contributed by atoms with Crippen LogP contribution in [0.5, 0.6) is 0 Å². The van der Waals surface area contributed by atoms with Crippen LogP contribution in [0.4, 0.5) is 0 Å². The minimum atomic E-state index is 0.537. The zero-order valence-electron chi connectivity index (χ0n) is 14.9. The molecule has 132 valence electrons. The highest BCUT2D eigenvalue weighted by molar-refractivity contribution is 7.18. The van der Waals surface area contributed by atoms with E-state index in [1.807, 2.05) is 11.3 Å². The summed E-state index contributed by atoms with van der Waals surface area (Å²) in [6.07, 6.45) is 7.15. The number of nitrogens with zero attached hydrogens (tertiary/aromatic N) is 2. The van der Waals surface area contributed by atoms with Crippen molar-refractivity contribution in [2.75, 3.05) is 32.8 Å². The third-order valence-electron chi connectivity index (χ3n) is 5.69. The number of nitrogens with one attached hydrogen (secondary N) is 1. The molecule has 0 aliphatic carbocycles. The zero-order chi connectivity index (χ0) is 16.5. The monoisotopic (exact) mass is 347 g/mol. The first-order valence-electron chi connectivity index (χ1n) is 9.48. The highest BCUT2D eigenvalue weighted by Crippen LogP contribution is 2.36. The van der Waals surface area contributed by atoms with E-state index in [0.717, 1.165) is 19.1 Å². The van der Waals surface area contributed by atoms with Crippen molar-refractivity contribution >= 4 is 21.7 Å². The Hall–Kier alpha value is -0.910. The number of H-pyrrole nitrogens is 1. The lowest BCUT2D eigenvalue weighted by molar-refractivity contribution is 0.0488. The van der Waals surface area contributed by atoms with Crippen LogP contribution in [0.1, 0.15) is 61.9 Å². The molecule has 2 fully saturated rings. The standard InChI is InChI=1S/C19H29N3OS/c1-13(2)16-11-20-19-17(16)21-18(24-19)15-3-7-22(8-4-15)12-14-5-9-23-10-6-14/h11,13-15,20H,3-10,12H2,1-2H3. The van der Waals surface area contributed by atoms with Crippen molar-refractivity contribution in [3.05, 3.63) is 16.8 Å². The van der Waals surface area contributed by atoms with E-state index in [2.05, 4.69) is 29.9 Å². The zero-order valence-corrected chi connectivity index (χ0v) is 15.7. The summed E-state index contributed by atoms with van der Waals surface area (Å²) < 4.78 is 5.48. The van der Waals surface area contributed by atoms with Crippen LogP contribution in [0.15, 0.2) is 6.20 Å². The maximum absolute atomic E-state index is 5.48. The molecule has 0 radical (unpaired) electrons. The van der Waals surface area contributed by atoms with E-state index in [0.29, 0.717) is 11.8 Å². The number of ether oxygens (including phenoxy) is 1. The summed E-state index contributed by atoms with van der Waals surface area (Å²) in [7, 11) is 0. The minimum absolute atomic E-state index is 0.537. The summed E-state index contributed by atoms with van der Waals surface area (Å²) in [5.41, 5.74) is 2.58. The summed E-state index contributed by atoms with van der Waals surface area (Å²) in [6.45, 7) is 10.1. The molecule has 2 aromatic rings. The number of thiazole rings is 1. The van der Waals surface area contributed by atoms with Crippen LogP contribution >= 0.6 is 11.3 Å². The van der Waals surface area contributed by atoms with Crippen LogP contribution in [0, 0.1) is 5.92 Å². The van der Waals surface area contributed by atoms with Crippen LogP contribution in [0.25, 0.3) is 10.3 Å². The first kappa shape index (κ1) is 16.6. The van der Waals surface area contributed by atoms with Gasteiger partial charge in [0.25, 0.3) is 0 Å². The lowest BCUT2D eigenvalue weighted by atomic mass is 9.94. The van der Waals surface area contributed by atoms with Gasteiger partial charge in [0.1, 0.15) is 10.3 Å². The predicted molar refractivity (Wildman–Crippen MR) is 100 cm³/mol. The van der Waals surface area contributed by atoms with E-state index in [-0.39, 0.29) is 0 Å². The van der Waals surface area contributed by atoms with Gasteiger partial charge in [-0.25, -0.2) is 4.98 Å². The molecule has 0 spiro atoms. The van der Waals surface area contributed by atoms with Crippen LogP contribution < -0.4 is 0 Å². The normalized spacial score (nSPS) is 22.0. The second-order valence-electron chi connectivity index (χ2n) is 7.76. The molecule has 0 unspecified atom stereocenters. The van der Waals surface area contributed by atoms with E-state index in [1.54, 1.807) is 0 Å². The number of rotatable bonds is 4. The van der Waals surface area contributed by atoms with Crippen molar-refractivity contribution in [2.24, 2.45) is 5.92 Å². The van der Waals surface area contributed by atoms with E-state index >= 15 is 0 Å². The highest BCUT2D eigenvalue weighted by atomic mass is 32.1. The Morgan fingerprint density at radius 1 is 1.25 bits per heavy atom. The minimum Gasteiger partial charge on any atom is -0.381 e. The van der Waals surface area contributed by atoms with Crippen molar-refractivity contribution in [3.8, 4) is 0 Å². The molecule has 4 rings (SSSR count). The maximum Gasteiger partial charge on any atom is 0.121 e. The Bertz CT molecular complexity index is 663. The van der Waals surface area contributed by atoms with Crippen LogP contribution in [-0.2, 0) is 4.74 Å². The molecule has 2 aliphatic rings. The average molecular weight is 348 g/mol. The molecule has 2 aliphatic heterocycles. The lowest BCUT2D eigenvalue weighted by Gasteiger charge is -2.34. The summed E-state index contributed by atoms with van der Waals surface area (Å²) in [4.78, 5) is 12.4. The van der Waals surface area contributed by atoms with Gasteiger partial charge in [0.05, 0.1) is 5.01 Å². The van der Waals surface area contributed by atoms with Crippen molar-refractivity contribution in [2.45, 2.75) is 51.4 Å². The van der Waals surface area contributed by atoms with Gasteiger partial charge in [-0.1, -0.05) is 13.8 Å². The van der Waals surface area contributed by atoms with Gasteiger partial charge < -0.3 is 14.6 Å². The first-order chi connectivity index (χ1) is 11.7. The molecular formula is C19H29N3OS. The number of hydrogen-bond donors (Lipinski definition) is 1. The third-order valence-corrected chi connectivity index (χ3v) is 6.84. The Labute approximate surface area is 148 Å². The van der Waals surface area contributed by atoms with E-state index in [1.165, 1.54) is 66.2 Å². The number of fused-ring (bicyclic) bond motifs is 1. The van der Waals surface area contributed by atoms with Gasteiger partial charge >= 0.3 is 0 Å². The molecule has 2 saturated heterocycles. The number of piperidine rings is 1. The number of aromatic nitrogens is 2. The average Bonchev–Trinajstić information content (AvgIpc) is 3.16. The Kier molecular flexibility index (Phi) is 4.93. The molecule has 24 heavy (non-hydrogen) atoms. The molecule has 0 atom stereocenters. The predicted octanol–water partition coefficient (Wildman–Crippen LogP) is 4.35. The quantitative estimate of drug-likeness (QED) is 0.894. The summed E-state index contributed by atoms with van der Waals surface area (Å²) in [5, 5.41) is 1.35. The fraction of sp³-hybridized carbons (Fsp3) is 0.737. The smallest absolute Gasteiger partial charge is 0.121 e. The summed E-state index contributed by atoms with van der Waals surface area (Å²) >= 11 is 1.88. The van der Waals surface area contributed by atoms with Crippen molar-refractivity contribution < 1.29 is 4.74 Å².